The van der Waals surface area contributed by atoms with Crippen LogP contribution in [0.3, 0.4) is 0 Å². The van der Waals surface area contributed by atoms with Crippen LogP contribution < -0.4 is 14.8 Å². The van der Waals surface area contributed by atoms with Crippen molar-refractivity contribution in [2.45, 2.75) is 13.2 Å². The maximum Gasteiger partial charge on any atom is 0.124 e. The SMILES string of the molecule is COCCOc1ccccc1CNc1cccc(OCc2ccccc2)c1. The van der Waals surface area contributed by atoms with E-state index in [2.05, 4.69) is 23.5 Å². The van der Waals surface area contributed by atoms with E-state index in [1.165, 1.54) is 0 Å². The minimum Gasteiger partial charge on any atom is -0.491 e. The third-order valence-electron chi connectivity index (χ3n) is 4.08. The van der Waals surface area contributed by atoms with Gasteiger partial charge in [-0.25, -0.2) is 0 Å². The zero-order valence-electron chi connectivity index (χ0n) is 15.6. The summed E-state index contributed by atoms with van der Waals surface area (Å²) in [6.07, 6.45) is 0. The van der Waals surface area contributed by atoms with Crippen molar-refractivity contribution in [3.63, 3.8) is 0 Å². The van der Waals surface area contributed by atoms with Gasteiger partial charge in [-0.2, -0.15) is 0 Å². The monoisotopic (exact) mass is 363 g/mol. The van der Waals surface area contributed by atoms with Crippen LogP contribution >= 0.6 is 0 Å². The molecule has 4 nitrogen and oxygen atoms in total. The average molecular weight is 363 g/mol. The van der Waals surface area contributed by atoms with Crippen LogP contribution in [-0.2, 0) is 17.9 Å². The first kappa shape index (κ1) is 18.8. The molecule has 140 valence electrons. The van der Waals surface area contributed by atoms with E-state index in [0.717, 1.165) is 28.3 Å². The number of methoxy groups -OCH3 is 1. The quantitative estimate of drug-likeness (QED) is 0.520. The minimum atomic E-state index is 0.538. The van der Waals surface area contributed by atoms with Crippen molar-refractivity contribution in [2.75, 3.05) is 25.6 Å². The zero-order chi connectivity index (χ0) is 18.7. The summed E-state index contributed by atoms with van der Waals surface area (Å²) in [6.45, 7) is 2.34. The predicted molar refractivity (Wildman–Crippen MR) is 108 cm³/mol. The molecule has 0 spiro atoms. The van der Waals surface area contributed by atoms with Crippen LogP contribution in [0.15, 0.2) is 78.9 Å². The first-order chi connectivity index (χ1) is 13.3. The van der Waals surface area contributed by atoms with Crippen molar-refractivity contribution < 1.29 is 14.2 Å². The number of benzene rings is 3. The second kappa shape index (κ2) is 10.2. The Morgan fingerprint density at radius 2 is 1.59 bits per heavy atom. The first-order valence-corrected chi connectivity index (χ1v) is 9.05. The molecule has 0 aromatic heterocycles. The van der Waals surface area contributed by atoms with Crippen LogP contribution in [-0.4, -0.2) is 20.3 Å². The van der Waals surface area contributed by atoms with Crippen LogP contribution in [0.1, 0.15) is 11.1 Å². The van der Waals surface area contributed by atoms with Gasteiger partial charge in [-0.15, -0.1) is 0 Å². The van der Waals surface area contributed by atoms with Gasteiger partial charge >= 0.3 is 0 Å². The Kier molecular flexibility index (Phi) is 7.13. The summed E-state index contributed by atoms with van der Waals surface area (Å²) in [5.74, 6) is 1.71. The molecule has 4 heteroatoms. The van der Waals surface area contributed by atoms with Gasteiger partial charge in [-0.1, -0.05) is 54.6 Å². The summed E-state index contributed by atoms with van der Waals surface area (Å²) >= 11 is 0. The van der Waals surface area contributed by atoms with Gasteiger partial charge in [0, 0.05) is 31.0 Å². The maximum atomic E-state index is 5.90. The molecule has 0 bridgehead atoms. The van der Waals surface area contributed by atoms with Crippen molar-refractivity contribution >= 4 is 5.69 Å². The third kappa shape index (κ3) is 6.04. The summed E-state index contributed by atoms with van der Waals surface area (Å²) in [5, 5.41) is 3.44. The molecule has 0 atom stereocenters. The molecular formula is C23H25NO3. The minimum absolute atomic E-state index is 0.538. The molecule has 0 radical (unpaired) electrons. The Balaban J connectivity index is 1.57. The molecule has 0 unspecified atom stereocenters. The van der Waals surface area contributed by atoms with E-state index < -0.39 is 0 Å². The molecule has 27 heavy (non-hydrogen) atoms. The van der Waals surface area contributed by atoms with Crippen LogP contribution in [0.2, 0.25) is 0 Å². The van der Waals surface area contributed by atoms with Gasteiger partial charge < -0.3 is 19.5 Å². The van der Waals surface area contributed by atoms with Crippen molar-refractivity contribution in [3.8, 4) is 11.5 Å². The van der Waals surface area contributed by atoms with Gasteiger partial charge in [0.15, 0.2) is 0 Å². The largest absolute Gasteiger partial charge is 0.491 e. The van der Waals surface area contributed by atoms with E-state index in [1.807, 2.05) is 60.7 Å². The fourth-order valence-electron chi connectivity index (χ4n) is 2.66. The van der Waals surface area contributed by atoms with Crippen LogP contribution in [0.5, 0.6) is 11.5 Å². The smallest absolute Gasteiger partial charge is 0.124 e. The summed E-state index contributed by atoms with van der Waals surface area (Å²) in [5.41, 5.74) is 3.26. The Bertz CT molecular complexity index is 821. The lowest BCUT2D eigenvalue weighted by Gasteiger charge is -2.13. The standard InChI is InChI=1S/C23H25NO3/c1-25-14-15-26-23-13-6-5-10-20(23)17-24-21-11-7-12-22(16-21)27-18-19-8-3-2-4-9-19/h2-13,16,24H,14-15,17-18H2,1H3. The number of rotatable bonds is 10. The number of hydrogen-bond acceptors (Lipinski definition) is 4. The molecule has 0 aliphatic carbocycles. The highest BCUT2D eigenvalue weighted by atomic mass is 16.5. The number of anilines is 1. The maximum absolute atomic E-state index is 5.90. The van der Waals surface area contributed by atoms with E-state index >= 15 is 0 Å². The molecule has 0 heterocycles. The van der Waals surface area contributed by atoms with Gasteiger partial charge in [0.2, 0.25) is 0 Å². The highest BCUT2D eigenvalue weighted by Crippen LogP contribution is 2.22. The van der Waals surface area contributed by atoms with Crippen LogP contribution in [0, 0.1) is 0 Å². The number of nitrogens with one attached hydrogen (secondary N) is 1. The highest BCUT2D eigenvalue weighted by Gasteiger charge is 2.04. The fraction of sp³-hybridized carbons (Fsp3) is 0.217. The molecule has 0 aliphatic rings. The summed E-state index contributed by atoms with van der Waals surface area (Å²) < 4.78 is 16.7. The number of para-hydroxylation sites is 1. The molecule has 1 N–H and O–H groups in total. The molecule has 3 aromatic rings. The van der Waals surface area contributed by atoms with Crippen LogP contribution in [0.25, 0.3) is 0 Å². The van der Waals surface area contributed by atoms with Gasteiger partial charge in [-0.3, -0.25) is 0 Å². The normalized spacial score (nSPS) is 10.4. The van der Waals surface area contributed by atoms with Gasteiger partial charge in [0.1, 0.15) is 24.7 Å². The third-order valence-corrected chi connectivity index (χ3v) is 4.08. The highest BCUT2D eigenvalue weighted by molar-refractivity contribution is 5.49. The van der Waals surface area contributed by atoms with E-state index in [4.69, 9.17) is 14.2 Å². The van der Waals surface area contributed by atoms with Crippen molar-refractivity contribution in [3.05, 3.63) is 90.0 Å². The molecule has 0 aliphatic heterocycles. The van der Waals surface area contributed by atoms with Crippen molar-refractivity contribution in [2.24, 2.45) is 0 Å². The molecule has 0 saturated carbocycles. The Labute approximate surface area is 160 Å². The van der Waals surface area contributed by atoms with Crippen LogP contribution in [0.4, 0.5) is 5.69 Å². The van der Waals surface area contributed by atoms with Gasteiger partial charge in [0.05, 0.1) is 6.61 Å². The number of ether oxygens (including phenoxy) is 3. The second-order valence-corrected chi connectivity index (χ2v) is 6.10. The molecule has 0 fully saturated rings. The summed E-state index contributed by atoms with van der Waals surface area (Å²) in [7, 11) is 1.67. The lowest BCUT2D eigenvalue weighted by Crippen LogP contribution is -2.07. The van der Waals surface area contributed by atoms with Gasteiger partial charge in [-0.05, 0) is 23.8 Å². The van der Waals surface area contributed by atoms with Crippen molar-refractivity contribution in [1.82, 2.24) is 0 Å². The lowest BCUT2D eigenvalue weighted by atomic mass is 10.2. The van der Waals surface area contributed by atoms with E-state index in [1.54, 1.807) is 7.11 Å². The zero-order valence-corrected chi connectivity index (χ0v) is 15.6. The predicted octanol–water partition coefficient (Wildman–Crippen LogP) is 4.90. The van der Waals surface area contributed by atoms with E-state index in [0.29, 0.717) is 26.4 Å². The second-order valence-electron chi connectivity index (χ2n) is 6.10. The van der Waals surface area contributed by atoms with Gasteiger partial charge in [0.25, 0.3) is 0 Å². The topological polar surface area (TPSA) is 39.7 Å². The molecule has 3 rings (SSSR count). The first-order valence-electron chi connectivity index (χ1n) is 9.05. The molecule has 0 saturated heterocycles. The fourth-order valence-corrected chi connectivity index (χ4v) is 2.66. The molecule has 0 amide bonds. The molecule has 3 aromatic carbocycles. The summed E-state index contributed by atoms with van der Waals surface area (Å²) in [6, 6.07) is 26.2. The average Bonchev–Trinajstić information content (AvgIpc) is 2.73. The summed E-state index contributed by atoms with van der Waals surface area (Å²) in [4.78, 5) is 0. The Morgan fingerprint density at radius 1 is 0.778 bits per heavy atom. The lowest BCUT2D eigenvalue weighted by molar-refractivity contribution is 0.146. The number of hydrogen-bond donors (Lipinski definition) is 1. The van der Waals surface area contributed by atoms with E-state index in [-0.39, 0.29) is 0 Å². The Hall–Kier alpha value is -2.98. The van der Waals surface area contributed by atoms with Crippen molar-refractivity contribution in [1.29, 1.82) is 0 Å². The van der Waals surface area contributed by atoms with E-state index in [9.17, 15) is 0 Å². The Morgan fingerprint density at radius 3 is 2.44 bits per heavy atom. The molecular weight excluding hydrogens is 338 g/mol.